The zero-order chi connectivity index (χ0) is 11.7. The Labute approximate surface area is 103 Å². The van der Waals surface area contributed by atoms with E-state index in [0.29, 0.717) is 6.42 Å². The van der Waals surface area contributed by atoms with Crippen LogP contribution in [-0.2, 0) is 19.3 Å². The molecule has 0 aliphatic carbocycles. The predicted molar refractivity (Wildman–Crippen MR) is 69.2 cm³/mol. The third kappa shape index (κ3) is 1.91. The maximum atomic E-state index is 8.69. The van der Waals surface area contributed by atoms with Crippen LogP contribution in [0.4, 0.5) is 5.69 Å². The van der Waals surface area contributed by atoms with Crippen LogP contribution in [0, 0.1) is 11.3 Å². The number of hydrogen-bond donors (Lipinski definition) is 0. The molecule has 2 heteroatoms. The highest BCUT2D eigenvalue weighted by Crippen LogP contribution is 2.36. The highest BCUT2D eigenvalue weighted by molar-refractivity contribution is 5.64. The Morgan fingerprint density at radius 2 is 1.76 bits per heavy atom. The summed E-state index contributed by atoms with van der Waals surface area (Å²) in [7, 11) is 0. The average molecular weight is 226 g/mol. The fourth-order valence-corrected chi connectivity index (χ4v) is 3.22. The normalized spacial score (nSPS) is 17.5. The van der Waals surface area contributed by atoms with E-state index in [9.17, 15) is 0 Å². The molecule has 0 saturated carbocycles. The maximum absolute atomic E-state index is 8.69. The smallest absolute Gasteiger partial charge is 0.0625 e. The summed E-state index contributed by atoms with van der Waals surface area (Å²) >= 11 is 0. The van der Waals surface area contributed by atoms with Gasteiger partial charge in [-0.1, -0.05) is 12.1 Å². The first-order valence-electron chi connectivity index (χ1n) is 6.65. The minimum atomic E-state index is 0.641. The predicted octanol–water partition coefficient (Wildman–Crippen LogP) is 2.84. The molecule has 2 aliphatic heterocycles. The monoisotopic (exact) mass is 226 g/mol. The van der Waals surface area contributed by atoms with Crippen molar-refractivity contribution in [2.45, 2.75) is 38.5 Å². The second-order valence-corrected chi connectivity index (χ2v) is 5.11. The molecule has 2 nitrogen and oxygen atoms in total. The van der Waals surface area contributed by atoms with Crippen LogP contribution in [0.5, 0.6) is 0 Å². The highest BCUT2D eigenvalue weighted by atomic mass is 15.1. The molecule has 0 spiro atoms. The molecule has 0 saturated heterocycles. The van der Waals surface area contributed by atoms with E-state index in [-0.39, 0.29) is 0 Å². The van der Waals surface area contributed by atoms with Crippen LogP contribution >= 0.6 is 0 Å². The van der Waals surface area contributed by atoms with Gasteiger partial charge in [0.05, 0.1) is 6.07 Å². The second-order valence-electron chi connectivity index (χ2n) is 5.11. The highest BCUT2D eigenvalue weighted by Gasteiger charge is 2.23. The Hall–Kier alpha value is -1.49. The summed E-state index contributed by atoms with van der Waals surface area (Å²) in [5.41, 5.74) is 5.95. The van der Waals surface area contributed by atoms with Gasteiger partial charge in [0.15, 0.2) is 0 Å². The summed E-state index contributed by atoms with van der Waals surface area (Å²) in [5, 5.41) is 8.69. The van der Waals surface area contributed by atoms with Crippen LogP contribution in [-0.4, -0.2) is 13.1 Å². The van der Waals surface area contributed by atoms with Gasteiger partial charge in [-0.2, -0.15) is 5.26 Å². The van der Waals surface area contributed by atoms with Gasteiger partial charge in [-0.05, 0) is 48.8 Å². The van der Waals surface area contributed by atoms with E-state index >= 15 is 0 Å². The summed E-state index contributed by atoms with van der Waals surface area (Å²) in [6, 6.07) is 6.93. The SMILES string of the molecule is N#CCCc1cc2c3c(c1)CCCN3CCC2. The molecule has 1 aromatic carbocycles. The molecule has 0 atom stereocenters. The van der Waals surface area contributed by atoms with E-state index in [2.05, 4.69) is 23.1 Å². The Morgan fingerprint density at radius 1 is 1.12 bits per heavy atom. The molecule has 17 heavy (non-hydrogen) atoms. The average Bonchev–Trinajstić information content (AvgIpc) is 2.37. The number of nitrogens with zero attached hydrogens (tertiary/aromatic N) is 2. The molecule has 3 rings (SSSR count). The van der Waals surface area contributed by atoms with Crippen molar-refractivity contribution in [1.29, 1.82) is 5.26 Å². The molecule has 0 aromatic heterocycles. The van der Waals surface area contributed by atoms with E-state index < -0.39 is 0 Å². The number of anilines is 1. The van der Waals surface area contributed by atoms with E-state index in [4.69, 9.17) is 5.26 Å². The zero-order valence-corrected chi connectivity index (χ0v) is 10.2. The molecule has 88 valence electrons. The zero-order valence-electron chi connectivity index (χ0n) is 10.2. The van der Waals surface area contributed by atoms with Crippen LogP contribution in [0.1, 0.15) is 36.0 Å². The molecule has 0 N–H and O–H groups in total. The van der Waals surface area contributed by atoms with Crippen LogP contribution < -0.4 is 4.90 Å². The lowest BCUT2D eigenvalue weighted by atomic mass is 9.89. The number of hydrogen-bond acceptors (Lipinski definition) is 2. The first-order chi connectivity index (χ1) is 8.38. The van der Waals surface area contributed by atoms with E-state index in [1.807, 2.05) is 0 Å². The number of nitriles is 1. The molecular formula is C15H18N2. The van der Waals surface area contributed by atoms with Crippen molar-refractivity contribution < 1.29 is 0 Å². The van der Waals surface area contributed by atoms with Crippen LogP contribution in [0.2, 0.25) is 0 Å². The van der Waals surface area contributed by atoms with E-state index in [1.54, 1.807) is 0 Å². The molecule has 0 radical (unpaired) electrons. The number of aryl methyl sites for hydroxylation is 3. The van der Waals surface area contributed by atoms with Crippen LogP contribution in [0.3, 0.4) is 0 Å². The lowest BCUT2D eigenvalue weighted by Gasteiger charge is -2.37. The standard InChI is InChI=1S/C15H18N2/c16-7-1-4-12-10-13-5-2-8-17-9-3-6-14(11-12)15(13)17/h10-11H,1-6,8-9H2. The van der Waals surface area contributed by atoms with Crippen molar-refractivity contribution in [3.8, 4) is 6.07 Å². The van der Waals surface area contributed by atoms with Gasteiger partial charge >= 0.3 is 0 Å². The van der Waals surface area contributed by atoms with Gasteiger partial charge in [-0.25, -0.2) is 0 Å². The second kappa shape index (κ2) is 4.41. The van der Waals surface area contributed by atoms with E-state index in [0.717, 1.165) is 6.42 Å². The molecule has 2 aliphatic rings. The summed E-state index contributed by atoms with van der Waals surface area (Å²) in [5.74, 6) is 0. The third-order valence-corrected chi connectivity index (χ3v) is 3.92. The quantitative estimate of drug-likeness (QED) is 0.775. The van der Waals surface area contributed by atoms with Gasteiger partial charge in [0.2, 0.25) is 0 Å². The Morgan fingerprint density at radius 3 is 2.35 bits per heavy atom. The van der Waals surface area contributed by atoms with Crippen molar-refractivity contribution in [3.63, 3.8) is 0 Å². The largest absolute Gasteiger partial charge is 0.371 e. The summed E-state index contributed by atoms with van der Waals surface area (Å²) < 4.78 is 0. The Kier molecular flexibility index (Phi) is 2.76. The topological polar surface area (TPSA) is 27.0 Å². The molecule has 0 fully saturated rings. The lowest BCUT2D eigenvalue weighted by Crippen LogP contribution is -2.34. The molecular weight excluding hydrogens is 208 g/mol. The summed E-state index contributed by atoms with van der Waals surface area (Å²) in [4.78, 5) is 2.56. The molecule has 0 amide bonds. The van der Waals surface area contributed by atoms with Gasteiger partial charge in [0.25, 0.3) is 0 Å². The van der Waals surface area contributed by atoms with Crippen molar-refractivity contribution >= 4 is 5.69 Å². The fraction of sp³-hybridized carbons (Fsp3) is 0.533. The molecule has 0 bridgehead atoms. The first kappa shape index (κ1) is 10.7. The first-order valence-corrected chi connectivity index (χ1v) is 6.65. The fourth-order valence-electron chi connectivity index (χ4n) is 3.22. The minimum Gasteiger partial charge on any atom is -0.371 e. The van der Waals surface area contributed by atoms with Gasteiger partial charge in [-0.3, -0.25) is 0 Å². The molecule has 0 unspecified atom stereocenters. The maximum Gasteiger partial charge on any atom is 0.0625 e. The lowest BCUT2D eigenvalue weighted by molar-refractivity contribution is 0.633. The summed E-state index contributed by atoms with van der Waals surface area (Å²) in [6.45, 7) is 2.47. The van der Waals surface area contributed by atoms with Gasteiger partial charge < -0.3 is 4.90 Å². The minimum absolute atomic E-state index is 0.641. The van der Waals surface area contributed by atoms with Crippen molar-refractivity contribution in [3.05, 3.63) is 28.8 Å². The van der Waals surface area contributed by atoms with Gasteiger partial charge in [0, 0.05) is 25.2 Å². The van der Waals surface area contributed by atoms with Crippen LogP contribution in [0.15, 0.2) is 12.1 Å². The van der Waals surface area contributed by atoms with Crippen LogP contribution in [0.25, 0.3) is 0 Å². The van der Waals surface area contributed by atoms with Crippen molar-refractivity contribution in [1.82, 2.24) is 0 Å². The Balaban J connectivity index is 2.00. The molecule has 2 heterocycles. The molecule has 1 aromatic rings. The summed E-state index contributed by atoms with van der Waals surface area (Å²) in [6.07, 6.45) is 6.57. The third-order valence-electron chi connectivity index (χ3n) is 3.92. The number of benzene rings is 1. The van der Waals surface area contributed by atoms with E-state index in [1.165, 1.54) is 61.2 Å². The van der Waals surface area contributed by atoms with Gasteiger partial charge in [-0.15, -0.1) is 0 Å². The number of rotatable bonds is 2. The Bertz CT molecular complexity index is 439. The van der Waals surface area contributed by atoms with Crippen molar-refractivity contribution in [2.24, 2.45) is 0 Å². The van der Waals surface area contributed by atoms with Gasteiger partial charge in [0.1, 0.15) is 0 Å². The van der Waals surface area contributed by atoms with Crippen molar-refractivity contribution in [2.75, 3.05) is 18.0 Å².